The number of hydrogen-bond acceptors (Lipinski definition) is 1. The molecule has 1 aromatic carbocycles. The molecule has 0 N–H and O–H groups in total. The van der Waals surface area contributed by atoms with Crippen LogP contribution in [0.25, 0.3) is 0 Å². The fourth-order valence-corrected chi connectivity index (χ4v) is 2.10. The Bertz CT molecular complexity index is 301. The fourth-order valence-electron chi connectivity index (χ4n) is 1.32. The SMILES string of the molecule is ClC1CCOc2ccc(I)cc21. The zero-order valence-corrected chi connectivity index (χ0v) is 9.30. The van der Waals surface area contributed by atoms with Gasteiger partial charge in [0.1, 0.15) is 5.75 Å². The largest absolute Gasteiger partial charge is 0.493 e. The minimum atomic E-state index is 0.128. The zero-order chi connectivity index (χ0) is 8.55. The molecule has 1 aliphatic rings. The predicted octanol–water partition coefficient (Wildman–Crippen LogP) is 3.35. The van der Waals surface area contributed by atoms with Gasteiger partial charge in [-0.15, -0.1) is 11.6 Å². The summed E-state index contributed by atoms with van der Waals surface area (Å²) in [5.41, 5.74) is 1.13. The number of alkyl halides is 1. The Morgan fingerprint density at radius 2 is 2.33 bits per heavy atom. The average Bonchev–Trinajstić information content (AvgIpc) is 2.07. The van der Waals surface area contributed by atoms with E-state index >= 15 is 0 Å². The van der Waals surface area contributed by atoms with Gasteiger partial charge in [0.2, 0.25) is 0 Å². The Labute approximate surface area is 90.2 Å². The number of fused-ring (bicyclic) bond motifs is 1. The van der Waals surface area contributed by atoms with E-state index in [1.165, 1.54) is 3.57 Å². The summed E-state index contributed by atoms with van der Waals surface area (Å²) in [5, 5.41) is 0.128. The van der Waals surface area contributed by atoms with Crippen molar-refractivity contribution in [1.82, 2.24) is 0 Å². The van der Waals surface area contributed by atoms with Crippen LogP contribution in [0.5, 0.6) is 5.75 Å². The quantitative estimate of drug-likeness (QED) is 0.527. The summed E-state index contributed by atoms with van der Waals surface area (Å²) in [7, 11) is 0. The van der Waals surface area contributed by atoms with Crippen LogP contribution in [0.15, 0.2) is 18.2 Å². The van der Waals surface area contributed by atoms with Gasteiger partial charge in [-0.2, -0.15) is 0 Å². The van der Waals surface area contributed by atoms with Crippen LogP contribution in [-0.4, -0.2) is 6.61 Å². The first-order valence-corrected chi connectivity index (χ1v) is 5.35. The number of rotatable bonds is 0. The summed E-state index contributed by atoms with van der Waals surface area (Å²) in [6, 6.07) is 6.12. The van der Waals surface area contributed by atoms with Crippen molar-refractivity contribution in [3.05, 3.63) is 27.3 Å². The molecule has 1 atom stereocenters. The van der Waals surface area contributed by atoms with Crippen molar-refractivity contribution >= 4 is 34.2 Å². The Hall–Kier alpha value is 0.0400. The van der Waals surface area contributed by atoms with E-state index in [4.69, 9.17) is 16.3 Å². The summed E-state index contributed by atoms with van der Waals surface area (Å²) < 4.78 is 6.67. The number of ether oxygens (including phenoxy) is 1. The van der Waals surface area contributed by atoms with Gasteiger partial charge in [0.25, 0.3) is 0 Å². The summed E-state index contributed by atoms with van der Waals surface area (Å²) >= 11 is 8.42. The highest BCUT2D eigenvalue weighted by Crippen LogP contribution is 2.36. The van der Waals surface area contributed by atoms with Crippen LogP contribution >= 0.6 is 34.2 Å². The van der Waals surface area contributed by atoms with E-state index < -0.39 is 0 Å². The molecule has 0 aliphatic carbocycles. The van der Waals surface area contributed by atoms with Crippen LogP contribution in [0.4, 0.5) is 0 Å². The van der Waals surface area contributed by atoms with Gasteiger partial charge in [-0.05, 0) is 40.8 Å². The maximum absolute atomic E-state index is 6.14. The lowest BCUT2D eigenvalue weighted by Crippen LogP contribution is -2.10. The maximum atomic E-state index is 6.14. The van der Waals surface area contributed by atoms with Gasteiger partial charge >= 0.3 is 0 Å². The fraction of sp³-hybridized carbons (Fsp3) is 0.333. The van der Waals surface area contributed by atoms with Crippen molar-refractivity contribution in [1.29, 1.82) is 0 Å². The number of hydrogen-bond donors (Lipinski definition) is 0. The van der Waals surface area contributed by atoms with Crippen molar-refractivity contribution in [2.45, 2.75) is 11.8 Å². The molecule has 64 valence electrons. The molecular weight excluding hydrogens is 286 g/mol. The molecule has 0 saturated carbocycles. The lowest BCUT2D eigenvalue weighted by atomic mass is 10.1. The lowest BCUT2D eigenvalue weighted by Gasteiger charge is -2.21. The van der Waals surface area contributed by atoms with Crippen molar-refractivity contribution in [3.8, 4) is 5.75 Å². The van der Waals surface area contributed by atoms with Crippen molar-refractivity contribution in [2.75, 3.05) is 6.61 Å². The first-order valence-electron chi connectivity index (χ1n) is 3.83. The normalized spacial score (nSPS) is 21.3. The summed E-state index contributed by atoms with van der Waals surface area (Å²) in [4.78, 5) is 0. The van der Waals surface area contributed by atoms with E-state index in [0.717, 1.165) is 24.3 Å². The standard InChI is InChI=1S/C9H8ClIO/c10-8-3-4-12-9-2-1-6(11)5-7(8)9/h1-2,5,8H,3-4H2. The van der Waals surface area contributed by atoms with Gasteiger partial charge in [-0.3, -0.25) is 0 Å². The Morgan fingerprint density at radius 1 is 1.50 bits per heavy atom. The molecule has 0 amide bonds. The third-order valence-corrected chi connectivity index (χ3v) is 3.06. The Morgan fingerprint density at radius 3 is 3.17 bits per heavy atom. The minimum Gasteiger partial charge on any atom is -0.493 e. The maximum Gasteiger partial charge on any atom is 0.124 e. The summed E-state index contributed by atoms with van der Waals surface area (Å²) in [5.74, 6) is 0.946. The van der Waals surface area contributed by atoms with E-state index in [1.54, 1.807) is 0 Å². The molecule has 0 saturated heterocycles. The summed E-state index contributed by atoms with van der Waals surface area (Å²) in [6.07, 6.45) is 0.911. The third kappa shape index (κ3) is 1.55. The molecule has 0 fully saturated rings. The van der Waals surface area contributed by atoms with E-state index in [9.17, 15) is 0 Å². The molecule has 0 radical (unpaired) electrons. The van der Waals surface area contributed by atoms with E-state index in [2.05, 4.69) is 28.7 Å². The molecular formula is C9H8ClIO. The third-order valence-electron chi connectivity index (χ3n) is 1.94. The second kappa shape index (κ2) is 3.42. The summed E-state index contributed by atoms with van der Waals surface area (Å²) in [6.45, 7) is 0.738. The monoisotopic (exact) mass is 294 g/mol. The van der Waals surface area contributed by atoms with Crippen LogP contribution < -0.4 is 4.74 Å². The lowest BCUT2D eigenvalue weighted by molar-refractivity contribution is 0.285. The van der Waals surface area contributed by atoms with Gasteiger partial charge in [-0.25, -0.2) is 0 Å². The Kier molecular flexibility index (Phi) is 2.46. The number of halogens is 2. The predicted molar refractivity (Wildman–Crippen MR) is 57.9 cm³/mol. The van der Waals surface area contributed by atoms with Gasteiger partial charge < -0.3 is 4.74 Å². The smallest absolute Gasteiger partial charge is 0.124 e. The first kappa shape index (κ1) is 8.63. The molecule has 0 bridgehead atoms. The topological polar surface area (TPSA) is 9.23 Å². The molecule has 1 unspecified atom stereocenters. The second-order valence-corrected chi connectivity index (χ2v) is 4.56. The highest BCUT2D eigenvalue weighted by molar-refractivity contribution is 14.1. The minimum absolute atomic E-state index is 0.128. The molecule has 1 aliphatic heterocycles. The van der Waals surface area contributed by atoms with Crippen LogP contribution in [0.1, 0.15) is 17.4 Å². The highest BCUT2D eigenvalue weighted by Gasteiger charge is 2.18. The molecule has 2 rings (SSSR count). The van der Waals surface area contributed by atoms with Crippen molar-refractivity contribution in [2.24, 2.45) is 0 Å². The van der Waals surface area contributed by atoms with Crippen LogP contribution in [0.2, 0.25) is 0 Å². The van der Waals surface area contributed by atoms with Crippen molar-refractivity contribution < 1.29 is 4.74 Å². The van der Waals surface area contributed by atoms with Gasteiger partial charge in [0.15, 0.2) is 0 Å². The highest BCUT2D eigenvalue weighted by atomic mass is 127. The van der Waals surface area contributed by atoms with Crippen LogP contribution in [-0.2, 0) is 0 Å². The number of benzene rings is 1. The molecule has 0 spiro atoms. The van der Waals surface area contributed by atoms with Crippen LogP contribution in [0, 0.1) is 3.57 Å². The van der Waals surface area contributed by atoms with Gasteiger partial charge in [0.05, 0.1) is 12.0 Å². The molecule has 0 aromatic heterocycles. The molecule has 12 heavy (non-hydrogen) atoms. The molecule has 1 aromatic rings. The molecule has 1 heterocycles. The van der Waals surface area contributed by atoms with E-state index in [-0.39, 0.29) is 5.38 Å². The van der Waals surface area contributed by atoms with Gasteiger partial charge in [-0.1, -0.05) is 0 Å². The first-order chi connectivity index (χ1) is 5.77. The van der Waals surface area contributed by atoms with Gasteiger partial charge in [0, 0.05) is 15.6 Å². The van der Waals surface area contributed by atoms with E-state index in [0.29, 0.717) is 0 Å². The molecule has 3 heteroatoms. The average molecular weight is 295 g/mol. The zero-order valence-electron chi connectivity index (χ0n) is 6.39. The second-order valence-electron chi connectivity index (χ2n) is 2.79. The molecule has 1 nitrogen and oxygen atoms in total. The van der Waals surface area contributed by atoms with Crippen LogP contribution in [0.3, 0.4) is 0 Å². The Balaban J connectivity index is 2.47. The van der Waals surface area contributed by atoms with Crippen molar-refractivity contribution in [3.63, 3.8) is 0 Å². The van der Waals surface area contributed by atoms with E-state index in [1.807, 2.05) is 12.1 Å².